The van der Waals surface area contributed by atoms with E-state index in [0.29, 0.717) is 18.0 Å². The monoisotopic (exact) mass is 377 g/mol. The Bertz CT molecular complexity index is 895. The molecule has 5 nitrogen and oxygen atoms in total. The van der Waals surface area contributed by atoms with Crippen molar-refractivity contribution in [2.45, 2.75) is 26.3 Å². The first kappa shape index (κ1) is 18.7. The number of rotatable bonds is 4. The predicted octanol–water partition coefficient (Wildman–Crippen LogP) is 3.39. The second-order valence-electron chi connectivity index (χ2n) is 7.73. The molecular formula is C23H27N3O2. The van der Waals surface area contributed by atoms with Crippen LogP contribution in [0.4, 0.5) is 5.69 Å². The van der Waals surface area contributed by atoms with E-state index in [1.165, 1.54) is 12.8 Å². The molecule has 4 rings (SSSR count). The number of nitrogens with zero attached hydrogens (tertiary/aromatic N) is 3. The number of pyridine rings is 1. The molecule has 1 aromatic carbocycles. The van der Waals surface area contributed by atoms with Crippen LogP contribution < -0.4 is 4.90 Å². The van der Waals surface area contributed by atoms with Crippen molar-refractivity contribution in [2.75, 3.05) is 38.2 Å². The highest BCUT2D eigenvalue weighted by Crippen LogP contribution is 2.33. The zero-order valence-corrected chi connectivity index (χ0v) is 16.8. The SMILES string of the molecule is COC(=O)C1=Cc2c(ccnc2-c2ccc(N3CCN(C(C)C)CC3)cc2)C1. The molecule has 0 atom stereocenters. The molecule has 5 heteroatoms. The van der Waals surface area contributed by atoms with Gasteiger partial charge in [-0.2, -0.15) is 0 Å². The fourth-order valence-electron chi connectivity index (χ4n) is 4.08. The maximum atomic E-state index is 11.9. The van der Waals surface area contributed by atoms with E-state index in [4.69, 9.17) is 4.74 Å². The van der Waals surface area contributed by atoms with E-state index in [1.54, 1.807) is 0 Å². The Hall–Kier alpha value is -2.66. The van der Waals surface area contributed by atoms with Crippen molar-refractivity contribution < 1.29 is 9.53 Å². The number of benzene rings is 1. The molecular weight excluding hydrogens is 350 g/mol. The van der Waals surface area contributed by atoms with Gasteiger partial charge in [-0.25, -0.2) is 4.79 Å². The maximum Gasteiger partial charge on any atom is 0.334 e. The van der Waals surface area contributed by atoms with Gasteiger partial charge in [0.1, 0.15) is 0 Å². The molecule has 1 aliphatic heterocycles. The summed E-state index contributed by atoms with van der Waals surface area (Å²) in [4.78, 5) is 21.5. The lowest BCUT2D eigenvalue weighted by atomic mass is 10.0. The van der Waals surface area contributed by atoms with Crippen molar-refractivity contribution in [3.8, 4) is 11.3 Å². The highest BCUT2D eigenvalue weighted by Gasteiger charge is 2.23. The third-order valence-corrected chi connectivity index (χ3v) is 5.78. The van der Waals surface area contributed by atoms with Crippen LogP contribution in [0, 0.1) is 0 Å². The van der Waals surface area contributed by atoms with Crippen LogP contribution in [-0.4, -0.2) is 55.2 Å². The lowest BCUT2D eigenvalue weighted by Gasteiger charge is -2.38. The molecule has 0 unspecified atom stereocenters. The summed E-state index contributed by atoms with van der Waals surface area (Å²) in [6, 6.07) is 11.2. The van der Waals surface area contributed by atoms with Gasteiger partial charge in [0, 0.05) is 67.2 Å². The largest absolute Gasteiger partial charge is 0.466 e. The van der Waals surface area contributed by atoms with Crippen molar-refractivity contribution >= 4 is 17.7 Å². The van der Waals surface area contributed by atoms with E-state index in [-0.39, 0.29) is 5.97 Å². The van der Waals surface area contributed by atoms with Gasteiger partial charge in [0.15, 0.2) is 0 Å². The first-order valence-electron chi connectivity index (χ1n) is 9.93. The summed E-state index contributed by atoms with van der Waals surface area (Å²) in [6.07, 6.45) is 4.35. The summed E-state index contributed by atoms with van der Waals surface area (Å²) in [5, 5.41) is 0. The number of carbonyl (C=O) groups is 1. The van der Waals surface area contributed by atoms with Crippen molar-refractivity contribution in [1.29, 1.82) is 0 Å². The summed E-state index contributed by atoms with van der Waals surface area (Å²) in [6.45, 7) is 8.84. The second-order valence-corrected chi connectivity index (χ2v) is 7.73. The van der Waals surface area contributed by atoms with Gasteiger partial charge in [-0.1, -0.05) is 12.1 Å². The molecule has 1 aromatic heterocycles. The Morgan fingerprint density at radius 3 is 2.43 bits per heavy atom. The highest BCUT2D eigenvalue weighted by atomic mass is 16.5. The van der Waals surface area contributed by atoms with Crippen LogP contribution in [0.25, 0.3) is 17.3 Å². The molecule has 2 aliphatic rings. The topological polar surface area (TPSA) is 45.7 Å². The van der Waals surface area contributed by atoms with Crippen molar-refractivity contribution in [3.63, 3.8) is 0 Å². The Balaban J connectivity index is 1.54. The average molecular weight is 377 g/mol. The molecule has 0 N–H and O–H groups in total. The summed E-state index contributed by atoms with van der Waals surface area (Å²) >= 11 is 0. The molecule has 0 radical (unpaired) electrons. The Labute approximate surface area is 166 Å². The minimum absolute atomic E-state index is 0.266. The van der Waals surface area contributed by atoms with Crippen LogP contribution in [0.15, 0.2) is 42.1 Å². The number of piperazine rings is 1. The Kier molecular flexibility index (Phi) is 5.18. The number of anilines is 1. The third kappa shape index (κ3) is 3.54. The lowest BCUT2D eigenvalue weighted by Crippen LogP contribution is -2.48. The fraction of sp³-hybridized carbons (Fsp3) is 0.391. The molecule has 2 heterocycles. The van der Waals surface area contributed by atoms with E-state index in [0.717, 1.165) is 48.6 Å². The number of fused-ring (bicyclic) bond motifs is 1. The van der Waals surface area contributed by atoms with Crippen molar-refractivity contribution in [1.82, 2.24) is 9.88 Å². The molecule has 2 aromatic rings. The Morgan fingerprint density at radius 2 is 1.79 bits per heavy atom. The van der Waals surface area contributed by atoms with Gasteiger partial charge in [0.25, 0.3) is 0 Å². The zero-order valence-electron chi connectivity index (χ0n) is 16.8. The number of hydrogen-bond acceptors (Lipinski definition) is 5. The van der Waals surface area contributed by atoms with Gasteiger partial charge < -0.3 is 9.64 Å². The number of hydrogen-bond donors (Lipinski definition) is 0. The van der Waals surface area contributed by atoms with Gasteiger partial charge in [-0.3, -0.25) is 9.88 Å². The summed E-state index contributed by atoms with van der Waals surface area (Å²) in [5.41, 5.74) is 6.09. The number of carbonyl (C=O) groups excluding carboxylic acids is 1. The number of ether oxygens (including phenoxy) is 1. The van der Waals surface area contributed by atoms with Crippen molar-refractivity contribution in [2.24, 2.45) is 0 Å². The smallest absolute Gasteiger partial charge is 0.334 e. The van der Waals surface area contributed by atoms with Crippen LogP contribution in [-0.2, 0) is 16.0 Å². The molecule has 28 heavy (non-hydrogen) atoms. The molecule has 146 valence electrons. The van der Waals surface area contributed by atoms with Crippen LogP contribution in [0.5, 0.6) is 0 Å². The summed E-state index contributed by atoms with van der Waals surface area (Å²) in [7, 11) is 1.42. The summed E-state index contributed by atoms with van der Waals surface area (Å²) < 4.78 is 4.88. The number of aromatic nitrogens is 1. The van der Waals surface area contributed by atoms with Gasteiger partial charge in [-0.15, -0.1) is 0 Å². The van der Waals surface area contributed by atoms with Crippen LogP contribution in [0.1, 0.15) is 25.0 Å². The molecule has 0 amide bonds. The van der Waals surface area contributed by atoms with Gasteiger partial charge in [0.05, 0.1) is 12.8 Å². The predicted molar refractivity (Wildman–Crippen MR) is 112 cm³/mol. The van der Waals surface area contributed by atoms with E-state index >= 15 is 0 Å². The average Bonchev–Trinajstić information content (AvgIpc) is 3.18. The minimum atomic E-state index is -0.266. The van der Waals surface area contributed by atoms with Gasteiger partial charge in [0.2, 0.25) is 0 Å². The molecule has 1 aliphatic carbocycles. The normalized spacial score (nSPS) is 16.9. The van der Waals surface area contributed by atoms with Crippen LogP contribution in [0.2, 0.25) is 0 Å². The molecule has 0 bridgehead atoms. The summed E-state index contributed by atoms with van der Waals surface area (Å²) in [5.74, 6) is -0.266. The standard InChI is InChI=1S/C23H27N3O2/c1-16(2)25-10-12-26(13-11-25)20-6-4-17(5-7-20)22-21-15-19(23(27)28-3)14-18(21)8-9-24-22/h4-9,15-16H,10-14H2,1-3H3. The Morgan fingerprint density at radius 1 is 1.07 bits per heavy atom. The van der Waals surface area contributed by atoms with Crippen LogP contribution >= 0.6 is 0 Å². The van der Waals surface area contributed by atoms with E-state index in [1.807, 2.05) is 18.3 Å². The maximum absolute atomic E-state index is 11.9. The highest BCUT2D eigenvalue weighted by molar-refractivity contribution is 5.98. The van der Waals surface area contributed by atoms with Gasteiger partial charge in [-0.05, 0) is 43.7 Å². The quantitative estimate of drug-likeness (QED) is 0.765. The lowest BCUT2D eigenvalue weighted by molar-refractivity contribution is -0.136. The number of methoxy groups -OCH3 is 1. The first-order chi connectivity index (χ1) is 13.6. The molecule has 1 fully saturated rings. The van der Waals surface area contributed by atoms with Crippen LogP contribution in [0.3, 0.4) is 0 Å². The van der Waals surface area contributed by atoms with Crippen molar-refractivity contribution in [3.05, 3.63) is 53.2 Å². The van der Waals surface area contributed by atoms with E-state index in [2.05, 4.69) is 52.9 Å². The second kappa shape index (κ2) is 7.76. The fourth-order valence-corrected chi connectivity index (χ4v) is 4.08. The molecule has 1 saturated heterocycles. The third-order valence-electron chi connectivity index (χ3n) is 5.78. The van der Waals surface area contributed by atoms with E-state index in [9.17, 15) is 4.79 Å². The zero-order chi connectivity index (χ0) is 19.7. The number of esters is 1. The molecule has 0 saturated carbocycles. The molecule has 0 spiro atoms. The minimum Gasteiger partial charge on any atom is -0.466 e. The van der Waals surface area contributed by atoms with Gasteiger partial charge >= 0.3 is 5.97 Å². The first-order valence-corrected chi connectivity index (χ1v) is 9.93. The van der Waals surface area contributed by atoms with E-state index < -0.39 is 0 Å².